The summed E-state index contributed by atoms with van der Waals surface area (Å²) in [6.07, 6.45) is 0. The van der Waals surface area contributed by atoms with E-state index in [1.807, 2.05) is 0 Å². The van der Waals surface area contributed by atoms with E-state index in [1.165, 1.54) is 18.2 Å². The Labute approximate surface area is 201 Å². The minimum absolute atomic E-state index is 0.0154. The van der Waals surface area contributed by atoms with Gasteiger partial charge in [0, 0.05) is 4.88 Å². The maximum absolute atomic E-state index is 14.2. The molecule has 0 aliphatic carbocycles. The molecule has 0 saturated heterocycles. The zero-order chi connectivity index (χ0) is 25.5. The number of carbonyl (C=O) groups excluding carboxylic acids is 1. The van der Waals surface area contributed by atoms with E-state index in [4.69, 9.17) is 0 Å². The van der Waals surface area contributed by atoms with Crippen LogP contribution in [0.4, 0.5) is 23.2 Å². The Kier molecular flexibility index (Phi) is 6.39. The summed E-state index contributed by atoms with van der Waals surface area (Å²) in [5.41, 5.74) is 0.521. The number of carbonyl (C=O) groups is 1. The van der Waals surface area contributed by atoms with Crippen LogP contribution < -0.4 is 4.72 Å². The molecule has 0 aliphatic rings. The van der Waals surface area contributed by atoms with Crippen molar-refractivity contribution in [3.8, 4) is 16.2 Å². The van der Waals surface area contributed by atoms with Crippen LogP contribution in [0, 0.1) is 30.2 Å². The number of thiophene rings is 1. The second-order valence-corrected chi connectivity index (χ2v) is 10.2. The molecule has 180 valence electrons. The first kappa shape index (κ1) is 24.4. The third kappa shape index (κ3) is 4.77. The third-order valence-electron chi connectivity index (χ3n) is 5.10. The topological polar surface area (TPSA) is 83.5 Å². The second kappa shape index (κ2) is 9.16. The number of aryl methyl sites for hydroxylation is 1. The fourth-order valence-electron chi connectivity index (χ4n) is 3.21. The summed E-state index contributed by atoms with van der Waals surface area (Å²) in [4.78, 5) is 13.0. The Morgan fingerprint density at radius 3 is 2.29 bits per heavy atom. The van der Waals surface area contributed by atoms with Gasteiger partial charge in [0.1, 0.15) is 5.82 Å². The van der Waals surface area contributed by atoms with Gasteiger partial charge >= 0.3 is 0 Å². The number of aromatic hydroxyl groups is 1. The van der Waals surface area contributed by atoms with E-state index in [2.05, 4.69) is 4.72 Å². The number of hydrogen-bond acceptors (Lipinski definition) is 5. The van der Waals surface area contributed by atoms with Gasteiger partial charge in [0.15, 0.2) is 17.4 Å². The van der Waals surface area contributed by atoms with E-state index in [0.717, 1.165) is 35.6 Å². The molecule has 5 nitrogen and oxygen atoms in total. The molecule has 0 amide bonds. The van der Waals surface area contributed by atoms with Crippen molar-refractivity contribution in [3.63, 3.8) is 0 Å². The normalized spacial score (nSPS) is 11.5. The maximum atomic E-state index is 14.2. The Bertz CT molecular complexity index is 1570. The van der Waals surface area contributed by atoms with Gasteiger partial charge in [-0.25, -0.2) is 21.6 Å². The minimum Gasteiger partial charge on any atom is -0.503 e. The largest absolute Gasteiger partial charge is 0.503 e. The van der Waals surface area contributed by atoms with Crippen LogP contribution in [0.3, 0.4) is 0 Å². The lowest BCUT2D eigenvalue weighted by Crippen LogP contribution is -2.13. The number of rotatable bonds is 6. The summed E-state index contributed by atoms with van der Waals surface area (Å²) in [6, 6.07) is 12.4. The highest BCUT2D eigenvalue weighted by Gasteiger charge is 2.24. The number of hydrogen-bond donors (Lipinski definition) is 2. The number of halogens is 4. The average Bonchev–Trinajstić information content (AvgIpc) is 3.31. The van der Waals surface area contributed by atoms with Gasteiger partial charge in [-0.2, -0.15) is 4.39 Å². The molecule has 35 heavy (non-hydrogen) atoms. The zero-order valence-corrected chi connectivity index (χ0v) is 19.4. The molecule has 4 rings (SSSR count). The first-order chi connectivity index (χ1) is 16.5. The van der Waals surface area contributed by atoms with Crippen molar-refractivity contribution in [2.45, 2.75) is 11.8 Å². The summed E-state index contributed by atoms with van der Waals surface area (Å²) in [7, 11) is -4.01. The third-order valence-corrected chi connectivity index (χ3v) is 7.61. The van der Waals surface area contributed by atoms with Crippen LogP contribution in [-0.4, -0.2) is 19.3 Å². The van der Waals surface area contributed by atoms with E-state index in [0.29, 0.717) is 22.1 Å². The first-order valence-corrected chi connectivity index (χ1v) is 12.2. The minimum atomic E-state index is -4.01. The summed E-state index contributed by atoms with van der Waals surface area (Å²) in [5.74, 6) is -8.05. The molecule has 1 heterocycles. The van der Waals surface area contributed by atoms with E-state index in [1.54, 1.807) is 19.1 Å². The smallest absolute Gasteiger partial charge is 0.261 e. The molecule has 11 heteroatoms. The molecule has 2 N–H and O–H groups in total. The Hall–Kier alpha value is -3.70. The standard InChI is InChI=1S/C24H15F4NO4S2/c1-12-2-3-13(10-18(12)29-35(32,33)15-6-4-14(25)5-7-15)19-8-9-20(34-19)23(30)16-11-17(26)22(28)24(31)21(16)27/h2-11,29,31H,1H3. The summed E-state index contributed by atoms with van der Waals surface area (Å²) in [6.45, 7) is 1.67. The van der Waals surface area contributed by atoms with Crippen LogP contribution >= 0.6 is 11.3 Å². The molecule has 3 aromatic carbocycles. The lowest BCUT2D eigenvalue weighted by Gasteiger charge is -2.12. The SMILES string of the molecule is Cc1ccc(-c2ccc(C(=O)c3cc(F)c(F)c(O)c3F)s2)cc1NS(=O)(=O)c1ccc(F)cc1. The average molecular weight is 522 g/mol. The van der Waals surface area contributed by atoms with E-state index in [-0.39, 0.29) is 15.5 Å². The van der Waals surface area contributed by atoms with Crippen molar-refractivity contribution in [3.05, 3.63) is 99.9 Å². The summed E-state index contributed by atoms with van der Waals surface area (Å²) < 4.78 is 82.1. The Morgan fingerprint density at radius 1 is 0.914 bits per heavy atom. The highest BCUT2D eigenvalue weighted by Crippen LogP contribution is 2.34. The van der Waals surface area contributed by atoms with E-state index < -0.39 is 50.4 Å². The highest BCUT2D eigenvalue weighted by atomic mass is 32.2. The van der Waals surface area contributed by atoms with Gasteiger partial charge in [-0.1, -0.05) is 12.1 Å². The number of benzene rings is 3. The number of phenols is 1. The summed E-state index contributed by atoms with van der Waals surface area (Å²) in [5, 5.41) is 9.38. The lowest BCUT2D eigenvalue weighted by molar-refractivity contribution is 0.103. The quantitative estimate of drug-likeness (QED) is 0.185. The number of sulfonamides is 1. The first-order valence-electron chi connectivity index (χ1n) is 9.88. The highest BCUT2D eigenvalue weighted by molar-refractivity contribution is 7.92. The van der Waals surface area contributed by atoms with Gasteiger partial charge in [0.25, 0.3) is 10.0 Å². The van der Waals surface area contributed by atoms with Crippen LogP contribution in [0.25, 0.3) is 10.4 Å². The number of nitrogens with one attached hydrogen (secondary N) is 1. The molecule has 0 saturated carbocycles. The predicted molar refractivity (Wildman–Crippen MR) is 123 cm³/mol. The van der Waals surface area contributed by atoms with Gasteiger partial charge in [0.2, 0.25) is 11.6 Å². The van der Waals surface area contributed by atoms with Crippen molar-refractivity contribution >= 4 is 32.8 Å². The maximum Gasteiger partial charge on any atom is 0.261 e. The van der Waals surface area contributed by atoms with Crippen LogP contribution in [0.2, 0.25) is 0 Å². The molecule has 0 spiro atoms. The van der Waals surface area contributed by atoms with Crippen LogP contribution in [0.5, 0.6) is 5.75 Å². The molecule has 4 aromatic rings. The van der Waals surface area contributed by atoms with Crippen molar-refractivity contribution in [2.75, 3.05) is 4.72 Å². The molecule has 0 fully saturated rings. The molecule has 0 aliphatic heterocycles. The van der Waals surface area contributed by atoms with E-state index in [9.17, 15) is 35.9 Å². The number of anilines is 1. The number of phenolic OH excluding ortho intramolecular Hbond substituents is 1. The van der Waals surface area contributed by atoms with Crippen LogP contribution in [0.1, 0.15) is 20.8 Å². The fraction of sp³-hybridized carbons (Fsp3) is 0.0417. The Morgan fingerprint density at radius 2 is 1.60 bits per heavy atom. The molecular weight excluding hydrogens is 506 g/mol. The van der Waals surface area contributed by atoms with Gasteiger partial charge < -0.3 is 5.11 Å². The second-order valence-electron chi connectivity index (χ2n) is 7.46. The lowest BCUT2D eigenvalue weighted by atomic mass is 10.1. The van der Waals surface area contributed by atoms with Crippen molar-refractivity contribution in [1.29, 1.82) is 0 Å². The van der Waals surface area contributed by atoms with E-state index >= 15 is 0 Å². The molecule has 0 bridgehead atoms. The van der Waals surface area contributed by atoms with Crippen LogP contribution in [-0.2, 0) is 10.0 Å². The monoisotopic (exact) mass is 521 g/mol. The summed E-state index contributed by atoms with van der Waals surface area (Å²) >= 11 is 0.911. The molecule has 0 radical (unpaired) electrons. The van der Waals surface area contributed by atoms with Crippen LogP contribution in [0.15, 0.2) is 65.6 Å². The fourth-order valence-corrected chi connectivity index (χ4v) is 5.28. The van der Waals surface area contributed by atoms with Gasteiger partial charge in [-0.15, -0.1) is 11.3 Å². The Balaban J connectivity index is 1.65. The van der Waals surface area contributed by atoms with Gasteiger partial charge in [-0.05, 0) is 66.6 Å². The molecule has 0 unspecified atom stereocenters. The molecule has 0 atom stereocenters. The van der Waals surface area contributed by atoms with Gasteiger partial charge in [-0.3, -0.25) is 9.52 Å². The molecular formula is C24H15F4NO4S2. The molecule has 1 aromatic heterocycles. The van der Waals surface area contributed by atoms with Crippen molar-refractivity contribution in [1.82, 2.24) is 0 Å². The number of ketones is 1. The van der Waals surface area contributed by atoms with Crippen molar-refractivity contribution < 1.29 is 35.9 Å². The predicted octanol–water partition coefficient (Wildman–Crippen LogP) is 6.02. The van der Waals surface area contributed by atoms with Crippen molar-refractivity contribution in [2.24, 2.45) is 0 Å². The van der Waals surface area contributed by atoms with Gasteiger partial charge in [0.05, 0.1) is 21.0 Å². The zero-order valence-electron chi connectivity index (χ0n) is 17.8.